The maximum Gasteiger partial charge on any atom is 0.529 e. The molecule has 0 saturated carbocycles. The molecule has 1 unspecified atom stereocenters. The molecule has 0 saturated heterocycles. The Bertz CT molecular complexity index is 960. The second kappa shape index (κ2) is 24.0. The zero-order valence-electron chi connectivity index (χ0n) is 26.0. The highest BCUT2D eigenvalue weighted by Crippen LogP contribution is 2.50. The molecule has 42 heavy (non-hydrogen) atoms. The third kappa shape index (κ3) is 17.7. The van der Waals surface area contributed by atoms with Crippen LogP contribution in [0.25, 0.3) is 0 Å². The summed E-state index contributed by atoms with van der Waals surface area (Å²) in [6.45, 7) is 4.37. The highest BCUT2D eigenvalue weighted by atomic mass is 35.5. The van der Waals surface area contributed by atoms with Gasteiger partial charge in [-0.2, -0.15) is 0 Å². The van der Waals surface area contributed by atoms with E-state index in [2.05, 4.69) is 6.92 Å². The Labute approximate surface area is 260 Å². The molecule has 2 atom stereocenters. The summed E-state index contributed by atoms with van der Waals surface area (Å²) in [4.78, 5) is 0. The van der Waals surface area contributed by atoms with Gasteiger partial charge in [-0.1, -0.05) is 144 Å². The van der Waals surface area contributed by atoms with Gasteiger partial charge in [-0.3, -0.25) is 9.05 Å². The van der Waals surface area contributed by atoms with Crippen LogP contribution in [-0.2, 0) is 29.7 Å². The fourth-order valence-electron chi connectivity index (χ4n) is 4.66. The van der Waals surface area contributed by atoms with E-state index in [1.54, 1.807) is 24.3 Å². The fraction of sp³-hybridized carbons (Fsp3) is 0.647. The fourth-order valence-corrected chi connectivity index (χ4v) is 5.92. The standard InChI is InChI=1S/C34H54ClO6P/c1-3-4-5-6-7-8-9-10-11-12-13-14-15-21-26-38-28-32(29-39-27-31-22-17-16-18-23-31)30-40-42(36,37-2)41-34-25-20-19-24-33(34)35/h16-20,22-25,32H,3-15,21,26-30H2,1-2H3/t32-,42?/m0/s1. The number of rotatable bonds is 27. The summed E-state index contributed by atoms with van der Waals surface area (Å²) in [6, 6.07) is 16.8. The van der Waals surface area contributed by atoms with Crippen molar-refractivity contribution in [2.45, 2.75) is 103 Å². The third-order valence-electron chi connectivity index (χ3n) is 7.20. The molecule has 238 valence electrons. The molecule has 0 fully saturated rings. The second-order valence-corrected chi connectivity index (χ2v) is 13.1. The number of phosphoric acid groups is 1. The first kappa shape index (κ1) is 36.8. The van der Waals surface area contributed by atoms with Gasteiger partial charge in [0.05, 0.1) is 31.5 Å². The quantitative estimate of drug-likeness (QED) is 0.0727. The van der Waals surface area contributed by atoms with Gasteiger partial charge in [0.15, 0.2) is 0 Å². The number of hydrogen-bond donors (Lipinski definition) is 0. The van der Waals surface area contributed by atoms with E-state index >= 15 is 0 Å². The van der Waals surface area contributed by atoms with E-state index in [1.807, 2.05) is 30.3 Å². The zero-order chi connectivity index (χ0) is 30.1. The van der Waals surface area contributed by atoms with E-state index in [-0.39, 0.29) is 18.3 Å². The molecule has 0 spiro atoms. The van der Waals surface area contributed by atoms with Crippen molar-refractivity contribution in [1.82, 2.24) is 0 Å². The summed E-state index contributed by atoms with van der Waals surface area (Å²) in [5.74, 6) is 0.106. The highest BCUT2D eigenvalue weighted by Gasteiger charge is 2.29. The lowest BCUT2D eigenvalue weighted by atomic mass is 10.0. The maximum absolute atomic E-state index is 13.1. The van der Waals surface area contributed by atoms with Crippen LogP contribution in [0.5, 0.6) is 5.75 Å². The SMILES string of the molecule is CCCCCCCCCCCCCCCCOC[C@@H](COCc1ccccc1)COP(=O)(OC)Oc1ccccc1Cl. The van der Waals surface area contributed by atoms with Crippen molar-refractivity contribution < 1.29 is 27.6 Å². The van der Waals surface area contributed by atoms with Crippen LogP contribution in [0, 0.1) is 5.92 Å². The number of para-hydroxylation sites is 1. The van der Waals surface area contributed by atoms with Crippen molar-refractivity contribution in [3.8, 4) is 5.75 Å². The van der Waals surface area contributed by atoms with Gasteiger partial charge < -0.3 is 14.0 Å². The molecule has 0 aliphatic carbocycles. The molecular formula is C34H54ClO6P. The van der Waals surface area contributed by atoms with Crippen molar-refractivity contribution >= 4 is 19.4 Å². The van der Waals surface area contributed by atoms with E-state index in [4.69, 9.17) is 34.6 Å². The summed E-state index contributed by atoms with van der Waals surface area (Å²) in [6.07, 6.45) is 18.6. The van der Waals surface area contributed by atoms with Crippen LogP contribution in [0.4, 0.5) is 0 Å². The summed E-state index contributed by atoms with van der Waals surface area (Å²) in [5, 5.41) is 0.331. The van der Waals surface area contributed by atoms with Crippen molar-refractivity contribution in [2.75, 3.05) is 33.5 Å². The Morgan fingerprint density at radius 3 is 1.83 bits per heavy atom. The normalized spacial score (nSPS) is 13.6. The van der Waals surface area contributed by atoms with Gasteiger partial charge in [0.2, 0.25) is 0 Å². The van der Waals surface area contributed by atoms with Crippen LogP contribution >= 0.6 is 19.4 Å². The molecule has 2 rings (SSSR count). The van der Waals surface area contributed by atoms with Crippen molar-refractivity contribution in [3.63, 3.8) is 0 Å². The molecule has 0 heterocycles. The van der Waals surface area contributed by atoms with E-state index in [9.17, 15) is 4.57 Å². The molecule has 2 aromatic carbocycles. The van der Waals surface area contributed by atoms with Gasteiger partial charge >= 0.3 is 7.82 Å². The third-order valence-corrected chi connectivity index (χ3v) is 8.84. The van der Waals surface area contributed by atoms with Gasteiger partial charge in [0.1, 0.15) is 5.75 Å². The van der Waals surface area contributed by atoms with Crippen LogP contribution in [-0.4, -0.2) is 33.5 Å². The number of halogens is 1. The Morgan fingerprint density at radius 1 is 0.690 bits per heavy atom. The van der Waals surface area contributed by atoms with E-state index in [1.165, 1.54) is 90.6 Å². The van der Waals surface area contributed by atoms with Crippen LogP contribution in [0.3, 0.4) is 0 Å². The predicted molar refractivity (Wildman–Crippen MR) is 173 cm³/mol. The van der Waals surface area contributed by atoms with Gasteiger partial charge in [0, 0.05) is 19.6 Å². The molecule has 8 heteroatoms. The summed E-state index contributed by atoms with van der Waals surface area (Å²) in [7, 11) is -2.57. The number of hydrogen-bond acceptors (Lipinski definition) is 6. The minimum atomic E-state index is -3.86. The summed E-state index contributed by atoms with van der Waals surface area (Å²) in [5.41, 5.74) is 1.09. The average Bonchev–Trinajstić information content (AvgIpc) is 3.01. The topological polar surface area (TPSA) is 63.2 Å². The second-order valence-electron chi connectivity index (χ2n) is 11.0. The molecule has 0 radical (unpaired) electrons. The highest BCUT2D eigenvalue weighted by molar-refractivity contribution is 7.48. The molecule has 2 aromatic rings. The molecule has 0 amide bonds. The lowest BCUT2D eigenvalue weighted by Gasteiger charge is -2.21. The average molecular weight is 625 g/mol. The summed E-state index contributed by atoms with van der Waals surface area (Å²) >= 11 is 6.16. The molecule has 0 aromatic heterocycles. The molecule has 0 N–H and O–H groups in total. The minimum Gasteiger partial charge on any atom is -0.402 e. The van der Waals surface area contributed by atoms with Crippen molar-refractivity contribution in [3.05, 3.63) is 65.2 Å². The number of ether oxygens (including phenoxy) is 2. The lowest BCUT2D eigenvalue weighted by molar-refractivity contribution is 0.00890. The number of phosphoric ester groups is 1. The maximum atomic E-state index is 13.1. The first-order valence-electron chi connectivity index (χ1n) is 16.0. The van der Waals surface area contributed by atoms with E-state index < -0.39 is 7.82 Å². The first-order chi connectivity index (χ1) is 20.6. The van der Waals surface area contributed by atoms with E-state index in [0.29, 0.717) is 31.5 Å². The predicted octanol–water partition coefficient (Wildman–Crippen LogP) is 10.8. The van der Waals surface area contributed by atoms with Crippen LogP contribution in [0.15, 0.2) is 54.6 Å². The van der Waals surface area contributed by atoms with Crippen molar-refractivity contribution in [2.24, 2.45) is 5.92 Å². The van der Waals surface area contributed by atoms with Crippen molar-refractivity contribution in [1.29, 1.82) is 0 Å². The Balaban J connectivity index is 1.64. The Kier molecular flexibility index (Phi) is 21.0. The molecule has 6 nitrogen and oxygen atoms in total. The molecule has 0 aliphatic rings. The Hall–Kier alpha value is -1.40. The first-order valence-corrected chi connectivity index (χ1v) is 17.8. The lowest BCUT2D eigenvalue weighted by Crippen LogP contribution is -2.22. The largest absolute Gasteiger partial charge is 0.529 e. The van der Waals surface area contributed by atoms with E-state index in [0.717, 1.165) is 12.0 Å². The monoisotopic (exact) mass is 624 g/mol. The number of benzene rings is 2. The number of unbranched alkanes of at least 4 members (excludes halogenated alkanes) is 13. The van der Waals surface area contributed by atoms with Gasteiger partial charge in [0.25, 0.3) is 0 Å². The summed E-state index contributed by atoms with van der Waals surface area (Å²) < 4.78 is 41.4. The van der Waals surface area contributed by atoms with Crippen LogP contribution < -0.4 is 4.52 Å². The van der Waals surface area contributed by atoms with Crippen LogP contribution in [0.2, 0.25) is 5.02 Å². The smallest absolute Gasteiger partial charge is 0.402 e. The zero-order valence-corrected chi connectivity index (χ0v) is 27.6. The molecule has 0 aliphatic heterocycles. The van der Waals surface area contributed by atoms with Gasteiger partial charge in [-0.15, -0.1) is 0 Å². The van der Waals surface area contributed by atoms with Gasteiger partial charge in [-0.05, 0) is 24.1 Å². The molecule has 0 bridgehead atoms. The molecular weight excluding hydrogens is 571 g/mol. The van der Waals surface area contributed by atoms with Gasteiger partial charge in [-0.25, -0.2) is 4.57 Å². The van der Waals surface area contributed by atoms with Crippen LogP contribution in [0.1, 0.15) is 102 Å². The Morgan fingerprint density at radius 2 is 1.24 bits per heavy atom. The minimum absolute atomic E-state index is 0.100.